The van der Waals surface area contributed by atoms with Crippen LogP contribution in [0.15, 0.2) is 42.7 Å². The van der Waals surface area contributed by atoms with Crippen LogP contribution in [0, 0.1) is 0 Å². The summed E-state index contributed by atoms with van der Waals surface area (Å²) in [6, 6.07) is 9.06. The Bertz CT molecular complexity index is 488. The third-order valence-corrected chi connectivity index (χ3v) is 2.66. The summed E-state index contributed by atoms with van der Waals surface area (Å²) in [4.78, 5) is 3.98. The number of benzene rings is 1. The maximum atomic E-state index is 6.00. The highest BCUT2D eigenvalue weighted by molar-refractivity contribution is 6.32. The average Bonchev–Trinajstić information content (AvgIpc) is 2.33. The summed E-state index contributed by atoms with van der Waals surface area (Å²) >= 11 is 11.8. The van der Waals surface area contributed by atoms with Crippen LogP contribution < -0.4 is 4.74 Å². The zero-order valence-corrected chi connectivity index (χ0v) is 9.87. The van der Waals surface area contributed by atoms with Crippen molar-refractivity contribution in [3.63, 3.8) is 0 Å². The Kier molecular flexibility index (Phi) is 3.65. The summed E-state index contributed by atoms with van der Waals surface area (Å²) in [7, 11) is 0. The van der Waals surface area contributed by atoms with Crippen LogP contribution in [0.5, 0.6) is 11.5 Å². The molecule has 1 heterocycles. The minimum atomic E-state index is 0.355. The van der Waals surface area contributed by atoms with Gasteiger partial charge in [0.1, 0.15) is 11.5 Å². The summed E-state index contributed by atoms with van der Waals surface area (Å²) in [6.45, 7) is 0. The molecule has 0 saturated carbocycles. The number of halogens is 2. The van der Waals surface area contributed by atoms with Crippen LogP contribution in [0.4, 0.5) is 0 Å². The lowest BCUT2D eigenvalue weighted by atomic mass is 10.3. The Balaban J connectivity index is 2.30. The summed E-state index contributed by atoms with van der Waals surface area (Å²) in [6.07, 6.45) is 3.33. The van der Waals surface area contributed by atoms with Crippen molar-refractivity contribution < 1.29 is 4.74 Å². The van der Waals surface area contributed by atoms with Gasteiger partial charge in [-0.25, -0.2) is 0 Å². The summed E-state index contributed by atoms with van der Waals surface area (Å²) in [5.74, 6) is 1.65. The molecule has 0 N–H and O–H groups in total. The number of nitrogens with zero attached hydrogens (tertiary/aromatic N) is 1. The molecule has 0 bridgehead atoms. The van der Waals surface area contributed by atoms with E-state index >= 15 is 0 Å². The lowest BCUT2D eigenvalue weighted by Gasteiger charge is -2.09. The van der Waals surface area contributed by atoms with Crippen molar-refractivity contribution in [3.8, 4) is 11.5 Å². The first-order valence-electron chi connectivity index (χ1n) is 4.72. The van der Waals surface area contributed by atoms with Crippen molar-refractivity contribution in [1.29, 1.82) is 0 Å². The first-order chi connectivity index (χ1) is 7.81. The second-order valence-corrected chi connectivity index (χ2v) is 3.82. The van der Waals surface area contributed by atoms with Gasteiger partial charge in [0.25, 0.3) is 0 Å². The van der Waals surface area contributed by atoms with Crippen LogP contribution in [0.3, 0.4) is 0 Å². The fourth-order valence-corrected chi connectivity index (χ4v) is 1.64. The van der Waals surface area contributed by atoms with Crippen molar-refractivity contribution >= 4 is 23.2 Å². The largest absolute Gasteiger partial charge is 0.455 e. The molecule has 0 atom stereocenters. The van der Waals surface area contributed by atoms with E-state index in [1.165, 1.54) is 0 Å². The lowest BCUT2D eigenvalue weighted by Crippen LogP contribution is -1.90. The molecule has 2 nitrogen and oxygen atoms in total. The summed E-state index contributed by atoms with van der Waals surface area (Å²) in [5.41, 5.74) is 0.837. The van der Waals surface area contributed by atoms with Crippen LogP contribution in [-0.4, -0.2) is 4.98 Å². The van der Waals surface area contributed by atoms with Gasteiger partial charge in [0, 0.05) is 18.0 Å². The number of hydrogen-bond acceptors (Lipinski definition) is 2. The minimum Gasteiger partial charge on any atom is -0.455 e. The second kappa shape index (κ2) is 5.19. The predicted octanol–water partition coefficient (Wildman–Crippen LogP) is 4.27. The van der Waals surface area contributed by atoms with Gasteiger partial charge in [0.2, 0.25) is 0 Å². The molecular formula is C12H9Cl2NO. The lowest BCUT2D eigenvalue weighted by molar-refractivity contribution is 0.477. The Morgan fingerprint density at radius 1 is 1.12 bits per heavy atom. The molecule has 16 heavy (non-hydrogen) atoms. The van der Waals surface area contributed by atoms with Gasteiger partial charge in [-0.3, -0.25) is 4.98 Å². The minimum absolute atomic E-state index is 0.355. The van der Waals surface area contributed by atoms with Gasteiger partial charge in [0.15, 0.2) is 0 Å². The monoisotopic (exact) mass is 253 g/mol. The van der Waals surface area contributed by atoms with Crippen molar-refractivity contribution in [2.24, 2.45) is 0 Å². The zero-order chi connectivity index (χ0) is 11.4. The molecule has 2 aromatic rings. The maximum absolute atomic E-state index is 6.00. The summed E-state index contributed by atoms with van der Waals surface area (Å²) < 4.78 is 5.67. The van der Waals surface area contributed by atoms with E-state index in [4.69, 9.17) is 27.9 Å². The molecule has 0 amide bonds. The SMILES string of the molecule is ClCc1cnccc1Oc1ccccc1Cl. The standard InChI is InChI=1S/C12H9Cl2NO/c13-7-9-8-15-6-5-11(9)16-12-4-2-1-3-10(12)14/h1-6,8H,7H2. The van der Waals surface area contributed by atoms with Crippen LogP contribution >= 0.6 is 23.2 Å². The van der Waals surface area contributed by atoms with Gasteiger partial charge in [-0.2, -0.15) is 0 Å². The van der Waals surface area contributed by atoms with Gasteiger partial charge >= 0.3 is 0 Å². The van der Waals surface area contributed by atoms with Gasteiger partial charge in [-0.05, 0) is 18.2 Å². The quantitative estimate of drug-likeness (QED) is 0.763. The Hall–Kier alpha value is -1.25. The van der Waals surface area contributed by atoms with E-state index in [0.29, 0.717) is 22.4 Å². The second-order valence-electron chi connectivity index (χ2n) is 3.15. The summed E-state index contributed by atoms with van der Waals surface area (Å²) in [5, 5.41) is 0.569. The van der Waals surface area contributed by atoms with Crippen molar-refractivity contribution in [1.82, 2.24) is 4.98 Å². The smallest absolute Gasteiger partial charge is 0.146 e. The highest BCUT2D eigenvalue weighted by Gasteiger charge is 2.06. The van der Waals surface area contributed by atoms with E-state index in [9.17, 15) is 0 Å². The van der Waals surface area contributed by atoms with Crippen molar-refractivity contribution in [2.75, 3.05) is 0 Å². The molecule has 82 valence electrons. The molecular weight excluding hydrogens is 245 g/mol. The Labute approximate surface area is 104 Å². The highest BCUT2D eigenvalue weighted by Crippen LogP contribution is 2.30. The van der Waals surface area contributed by atoms with E-state index in [1.54, 1.807) is 30.6 Å². The van der Waals surface area contributed by atoms with Gasteiger partial charge in [0.05, 0.1) is 10.9 Å². The third kappa shape index (κ3) is 2.46. The molecule has 0 saturated heterocycles. The first-order valence-corrected chi connectivity index (χ1v) is 5.63. The van der Waals surface area contributed by atoms with Crippen molar-refractivity contribution in [3.05, 3.63) is 53.3 Å². The van der Waals surface area contributed by atoms with Crippen LogP contribution in [-0.2, 0) is 5.88 Å². The zero-order valence-electron chi connectivity index (χ0n) is 8.36. The maximum Gasteiger partial charge on any atom is 0.146 e. The molecule has 0 fully saturated rings. The van der Waals surface area contributed by atoms with E-state index in [1.807, 2.05) is 12.1 Å². The number of alkyl halides is 1. The number of aromatic nitrogens is 1. The fourth-order valence-electron chi connectivity index (χ4n) is 1.26. The van der Waals surface area contributed by atoms with Gasteiger partial charge < -0.3 is 4.74 Å². The highest BCUT2D eigenvalue weighted by atomic mass is 35.5. The molecule has 0 spiro atoms. The van der Waals surface area contributed by atoms with E-state index in [-0.39, 0.29) is 0 Å². The third-order valence-electron chi connectivity index (χ3n) is 2.06. The molecule has 2 rings (SSSR count). The Morgan fingerprint density at radius 3 is 2.69 bits per heavy atom. The first kappa shape index (κ1) is 11.2. The topological polar surface area (TPSA) is 22.1 Å². The molecule has 1 aromatic carbocycles. The number of rotatable bonds is 3. The molecule has 0 aliphatic heterocycles. The van der Waals surface area contributed by atoms with Crippen LogP contribution in [0.25, 0.3) is 0 Å². The van der Waals surface area contributed by atoms with Crippen molar-refractivity contribution in [2.45, 2.75) is 5.88 Å². The van der Waals surface area contributed by atoms with Crippen LogP contribution in [0.2, 0.25) is 5.02 Å². The number of pyridine rings is 1. The van der Waals surface area contributed by atoms with Gasteiger partial charge in [-0.15, -0.1) is 11.6 Å². The fraction of sp³-hybridized carbons (Fsp3) is 0.0833. The van der Waals surface area contributed by atoms with E-state index < -0.39 is 0 Å². The molecule has 1 aromatic heterocycles. The normalized spacial score (nSPS) is 10.1. The van der Waals surface area contributed by atoms with E-state index in [2.05, 4.69) is 4.98 Å². The van der Waals surface area contributed by atoms with Gasteiger partial charge in [-0.1, -0.05) is 23.7 Å². The molecule has 0 radical (unpaired) electrons. The van der Waals surface area contributed by atoms with Crippen LogP contribution in [0.1, 0.15) is 5.56 Å². The number of para-hydroxylation sites is 1. The predicted molar refractivity (Wildman–Crippen MR) is 65.3 cm³/mol. The van der Waals surface area contributed by atoms with E-state index in [0.717, 1.165) is 5.56 Å². The molecule has 0 unspecified atom stereocenters. The number of hydrogen-bond donors (Lipinski definition) is 0. The Morgan fingerprint density at radius 2 is 1.94 bits per heavy atom. The average molecular weight is 254 g/mol. The molecule has 0 aliphatic carbocycles. The molecule has 4 heteroatoms. The molecule has 0 aliphatic rings. The number of ether oxygens (including phenoxy) is 1.